The summed E-state index contributed by atoms with van der Waals surface area (Å²) >= 11 is 0. The molecule has 2 aromatic carbocycles. The predicted molar refractivity (Wildman–Crippen MR) is 94.0 cm³/mol. The van der Waals surface area contributed by atoms with E-state index in [-0.39, 0.29) is 11.4 Å². The van der Waals surface area contributed by atoms with Gasteiger partial charge in [0, 0.05) is 12.6 Å². The van der Waals surface area contributed by atoms with E-state index >= 15 is 0 Å². The topological polar surface area (TPSA) is 15.6 Å². The normalized spacial score (nSPS) is 20.0. The van der Waals surface area contributed by atoms with Crippen molar-refractivity contribution in [3.8, 4) is 0 Å². The fraction of sp³-hybridized carbons (Fsp3) is 0.350. The van der Waals surface area contributed by atoms with Gasteiger partial charge in [0.05, 0.1) is 17.6 Å². The first-order chi connectivity index (χ1) is 10.8. The van der Waals surface area contributed by atoms with Crippen molar-refractivity contribution in [2.45, 2.75) is 39.2 Å². The zero-order valence-corrected chi connectivity index (χ0v) is 14.4. The highest BCUT2D eigenvalue weighted by atomic mass is 19.1. The predicted octanol–water partition coefficient (Wildman–Crippen LogP) is 5.13. The van der Waals surface area contributed by atoms with Gasteiger partial charge in [-0.3, -0.25) is 0 Å². The summed E-state index contributed by atoms with van der Waals surface area (Å²) in [6.07, 6.45) is 1.87. The number of rotatable bonds is 2. The van der Waals surface area contributed by atoms with Crippen LogP contribution in [0.4, 0.5) is 10.1 Å². The summed E-state index contributed by atoms with van der Waals surface area (Å²) in [5.41, 5.74) is 5.13. The number of halogens is 1. The minimum atomic E-state index is -0.357. The Labute approximate surface area is 137 Å². The van der Waals surface area contributed by atoms with E-state index in [9.17, 15) is 4.39 Å². The van der Waals surface area contributed by atoms with Crippen molar-refractivity contribution in [2.24, 2.45) is 4.99 Å². The Morgan fingerprint density at radius 2 is 1.78 bits per heavy atom. The van der Waals surface area contributed by atoms with Gasteiger partial charge in [0.25, 0.3) is 0 Å². The van der Waals surface area contributed by atoms with Gasteiger partial charge in [-0.15, -0.1) is 0 Å². The molecule has 1 aliphatic rings. The van der Waals surface area contributed by atoms with Crippen molar-refractivity contribution < 1.29 is 4.39 Å². The second kappa shape index (κ2) is 5.48. The monoisotopic (exact) mass is 310 g/mol. The molecular weight excluding hydrogens is 287 g/mol. The molecule has 120 valence electrons. The standard InChI is InChI=1S/C20H23FN2/c1-13(2)15-6-8-18-19(11-15)22-12-23(5)20(18,4)17-9-7-16(21)10-14(17)3/h6-13H,1-5H3. The van der Waals surface area contributed by atoms with E-state index < -0.39 is 0 Å². The van der Waals surface area contributed by atoms with Gasteiger partial charge in [-0.1, -0.05) is 32.0 Å². The van der Waals surface area contributed by atoms with Crippen LogP contribution < -0.4 is 0 Å². The lowest BCUT2D eigenvalue weighted by molar-refractivity contribution is 0.290. The molecule has 0 N–H and O–H groups in total. The second-order valence-corrected chi connectivity index (χ2v) is 6.82. The molecule has 0 saturated heterocycles. The van der Waals surface area contributed by atoms with Crippen LogP contribution in [0.2, 0.25) is 0 Å². The van der Waals surface area contributed by atoms with Crippen molar-refractivity contribution in [1.82, 2.24) is 4.90 Å². The van der Waals surface area contributed by atoms with E-state index in [0.717, 1.165) is 22.4 Å². The Hall–Kier alpha value is -2.16. The molecule has 1 atom stereocenters. The van der Waals surface area contributed by atoms with Crippen LogP contribution in [0.25, 0.3) is 0 Å². The summed E-state index contributed by atoms with van der Waals surface area (Å²) in [6, 6.07) is 11.5. The summed E-state index contributed by atoms with van der Waals surface area (Å²) in [6.45, 7) is 8.51. The van der Waals surface area contributed by atoms with Crippen LogP contribution in [0.1, 0.15) is 48.9 Å². The van der Waals surface area contributed by atoms with E-state index in [1.165, 1.54) is 11.6 Å². The lowest BCUT2D eigenvalue weighted by atomic mass is 9.79. The van der Waals surface area contributed by atoms with Gasteiger partial charge in [-0.25, -0.2) is 9.38 Å². The quantitative estimate of drug-likeness (QED) is 0.751. The van der Waals surface area contributed by atoms with E-state index in [1.807, 2.05) is 26.4 Å². The Morgan fingerprint density at radius 3 is 2.43 bits per heavy atom. The first-order valence-corrected chi connectivity index (χ1v) is 8.02. The van der Waals surface area contributed by atoms with Crippen LogP contribution >= 0.6 is 0 Å². The highest BCUT2D eigenvalue weighted by Gasteiger charge is 2.38. The number of fused-ring (bicyclic) bond motifs is 1. The number of benzene rings is 2. The molecule has 0 fully saturated rings. The third kappa shape index (κ3) is 2.44. The molecule has 0 aromatic heterocycles. The molecule has 0 spiro atoms. The molecule has 2 aromatic rings. The molecule has 0 aliphatic carbocycles. The highest BCUT2D eigenvalue weighted by molar-refractivity contribution is 5.72. The van der Waals surface area contributed by atoms with Crippen molar-refractivity contribution in [1.29, 1.82) is 0 Å². The van der Waals surface area contributed by atoms with Gasteiger partial charge in [-0.2, -0.15) is 0 Å². The lowest BCUT2D eigenvalue weighted by Crippen LogP contribution is -2.43. The summed E-state index contributed by atoms with van der Waals surface area (Å²) in [5, 5.41) is 0. The zero-order chi connectivity index (χ0) is 16.8. The Bertz CT molecular complexity index is 779. The van der Waals surface area contributed by atoms with Gasteiger partial charge in [0.2, 0.25) is 0 Å². The molecule has 3 heteroatoms. The highest BCUT2D eigenvalue weighted by Crippen LogP contribution is 2.44. The molecule has 1 aliphatic heterocycles. The van der Waals surface area contributed by atoms with E-state index in [0.29, 0.717) is 5.92 Å². The average Bonchev–Trinajstić information content (AvgIpc) is 2.50. The van der Waals surface area contributed by atoms with Crippen molar-refractivity contribution in [2.75, 3.05) is 7.05 Å². The molecule has 0 radical (unpaired) electrons. The van der Waals surface area contributed by atoms with Crippen LogP contribution in [0, 0.1) is 12.7 Å². The molecule has 1 unspecified atom stereocenters. The molecule has 2 nitrogen and oxygen atoms in total. The maximum atomic E-state index is 13.5. The van der Waals surface area contributed by atoms with Gasteiger partial charge < -0.3 is 4.90 Å². The first-order valence-electron chi connectivity index (χ1n) is 8.02. The third-order valence-corrected chi connectivity index (χ3v) is 5.00. The second-order valence-electron chi connectivity index (χ2n) is 6.82. The summed E-state index contributed by atoms with van der Waals surface area (Å²) in [4.78, 5) is 6.71. The average molecular weight is 310 g/mol. The van der Waals surface area contributed by atoms with Gasteiger partial charge >= 0.3 is 0 Å². The van der Waals surface area contributed by atoms with E-state index in [4.69, 9.17) is 0 Å². The van der Waals surface area contributed by atoms with Crippen LogP contribution in [0.5, 0.6) is 0 Å². The number of aliphatic imine (C=N–C) groups is 1. The van der Waals surface area contributed by atoms with Crippen molar-refractivity contribution in [3.05, 3.63) is 64.5 Å². The molecule has 1 heterocycles. The van der Waals surface area contributed by atoms with Gasteiger partial charge in [0.1, 0.15) is 5.82 Å². The smallest absolute Gasteiger partial charge is 0.123 e. The lowest BCUT2D eigenvalue weighted by Gasteiger charge is -2.42. The van der Waals surface area contributed by atoms with E-state index in [2.05, 4.69) is 48.9 Å². The van der Waals surface area contributed by atoms with Gasteiger partial charge in [-0.05, 0) is 54.7 Å². The van der Waals surface area contributed by atoms with Crippen molar-refractivity contribution >= 4 is 12.0 Å². The largest absolute Gasteiger partial charge is 0.352 e. The molecular formula is C20H23FN2. The maximum Gasteiger partial charge on any atom is 0.123 e. The van der Waals surface area contributed by atoms with Crippen LogP contribution in [0.3, 0.4) is 0 Å². The third-order valence-electron chi connectivity index (χ3n) is 5.00. The number of hydrogen-bond acceptors (Lipinski definition) is 2. The fourth-order valence-electron chi connectivity index (χ4n) is 3.39. The minimum Gasteiger partial charge on any atom is -0.352 e. The van der Waals surface area contributed by atoms with Gasteiger partial charge in [0.15, 0.2) is 0 Å². The minimum absolute atomic E-state index is 0.197. The summed E-state index contributed by atoms with van der Waals surface area (Å²) in [7, 11) is 2.02. The SMILES string of the molecule is Cc1cc(F)ccc1C1(C)c2ccc(C(C)C)cc2N=CN1C. The Kier molecular flexibility index (Phi) is 3.75. The summed E-state index contributed by atoms with van der Waals surface area (Å²) < 4.78 is 13.5. The molecule has 23 heavy (non-hydrogen) atoms. The maximum absolute atomic E-state index is 13.5. The number of aryl methyl sites for hydroxylation is 1. The zero-order valence-electron chi connectivity index (χ0n) is 14.4. The van der Waals surface area contributed by atoms with Crippen LogP contribution in [-0.2, 0) is 5.54 Å². The molecule has 0 amide bonds. The first kappa shape index (κ1) is 15.7. The molecule has 0 saturated carbocycles. The Balaban J connectivity index is 2.22. The van der Waals surface area contributed by atoms with Crippen molar-refractivity contribution in [3.63, 3.8) is 0 Å². The van der Waals surface area contributed by atoms with Crippen LogP contribution in [-0.4, -0.2) is 18.3 Å². The number of hydrogen-bond donors (Lipinski definition) is 0. The molecule has 0 bridgehead atoms. The van der Waals surface area contributed by atoms with E-state index in [1.54, 1.807) is 6.07 Å². The fourth-order valence-corrected chi connectivity index (χ4v) is 3.39. The summed E-state index contributed by atoms with van der Waals surface area (Å²) in [5.74, 6) is 0.270. The molecule has 3 rings (SSSR count). The van der Waals surface area contributed by atoms with Crippen LogP contribution in [0.15, 0.2) is 41.4 Å². The Morgan fingerprint density at radius 1 is 1.09 bits per heavy atom. The number of nitrogens with zero attached hydrogens (tertiary/aromatic N) is 2.